The third-order valence-corrected chi connectivity index (χ3v) is 7.53. The van der Waals surface area contributed by atoms with Gasteiger partial charge < -0.3 is 15.1 Å². The van der Waals surface area contributed by atoms with Gasteiger partial charge in [0.25, 0.3) is 0 Å². The number of nitrogens with zero attached hydrogens (tertiary/aromatic N) is 4. The molecule has 0 spiro atoms. The van der Waals surface area contributed by atoms with Crippen LogP contribution in [0.2, 0.25) is 0 Å². The van der Waals surface area contributed by atoms with Gasteiger partial charge in [0.2, 0.25) is 0 Å². The number of hydrogen-bond donors (Lipinski definition) is 1. The van der Waals surface area contributed by atoms with E-state index in [1.807, 2.05) is 6.20 Å². The minimum absolute atomic E-state index is 0.159. The standard InChI is InChI=1S/C26H33N5/c1-17-7-5-8-22(18(17)2)19(3)28-26-23-15-21(11-10-20(23)16-27-29-26)31-14-12-24-25(31)9-6-13-30(24)4/h5,7-8,10-11,15-16,19,24-25H,6,9,12-14H2,1-4H3,(H,28,29)/t19-,24?,25?/m1/s1. The Labute approximate surface area is 185 Å². The smallest absolute Gasteiger partial charge is 0.157 e. The normalized spacial score (nSPS) is 22.5. The molecule has 0 bridgehead atoms. The van der Waals surface area contributed by atoms with Crippen LogP contribution in [0, 0.1) is 13.8 Å². The summed E-state index contributed by atoms with van der Waals surface area (Å²) in [5.41, 5.74) is 5.27. The van der Waals surface area contributed by atoms with Gasteiger partial charge in [-0.25, -0.2) is 0 Å². The molecule has 2 saturated heterocycles. The molecule has 162 valence electrons. The van der Waals surface area contributed by atoms with Gasteiger partial charge in [-0.3, -0.25) is 0 Å². The van der Waals surface area contributed by atoms with Crippen molar-refractivity contribution in [3.63, 3.8) is 0 Å². The van der Waals surface area contributed by atoms with Crippen LogP contribution >= 0.6 is 0 Å². The number of aromatic nitrogens is 2. The molecule has 0 radical (unpaired) electrons. The Hall–Kier alpha value is -2.66. The molecule has 5 nitrogen and oxygen atoms in total. The van der Waals surface area contributed by atoms with Gasteiger partial charge >= 0.3 is 0 Å². The summed E-state index contributed by atoms with van der Waals surface area (Å²) in [6.07, 6.45) is 5.69. The minimum Gasteiger partial charge on any atom is -0.367 e. The lowest BCUT2D eigenvalue weighted by Crippen LogP contribution is -2.47. The van der Waals surface area contributed by atoms with Gasteiger partial charge in [0.05, 0.1) is 12.2 Å². The highest BCUT2D eigenvalue weighted by Crippen LogP contribution is 2.36. The van der Waals surface area contributed by atoms with E-state index in [9.17, 15) is 0 Å². The average Bonchev–Trinajstić information content (AvgIpc) is 3.21. The first kappa shape index (κ1) is 20.3. The molecule has 0 saturated carbocycles. The van der Waals surface area contributed by atoms with E-state index in [0.717, 1.165) is 23.1 Å². The zero-order chi connectivity index (χ0) is 21.5. The fourth-order valence-corrected chi connectivity index (χ4v) is 5.61. The molecular formula is C26H33N5. The highest BCUT2D eigenvalue weighted by molar-refractivity contribution is 5.93. The summed E-state index contributed by atoms with van der Waals surface area (Å²) in [4.78, 5) is 5.18. The maximum atomic E-state index is 4.50. The lowest BCUT2D eigenvalue weighted by atomic mass is 9.97. The van der Waals surface area contributed by atoms with Crippen molar-refractivity contribution < 1.29 is 0 Å². The summed E-state index contributed by atoms with van der Waals surface area (Å²) >= 11 is 0. The van der Waals surface area contributed by atoms with Crippen LogP contribution in [0.1, 0.15) is 48.9 Å². The van der Waals surface area contributed by atoms with Crippen LogP contribution in [-0.4, -0.2) is 47.3 Å². The van der Waals surface area contributed by atoms with Gasteiger partial charge in [-0.1, -0.05) is 24.3 Å². The summed E-state index contributed by atoms with van der Waals surface area (Å²) in [6, 6.07) is 14.7. The lowest BCUT2D eigenvalue weighted by molar-refractivity contribution is 0.180. The molecule has 1 N–H and O–H groups in total. The first-order chi connectivity index (χ1) is 15.0. The first-order valence-corrected chi connectivity index (χ1v) is 11.6. The van der Waals surface area contributed by atoms with E-state index in [4.69, 9.17) is 0 Å². The van der Waals surface area contributed by atoms with Crippen molar-refractivity contribution in [2.45, 2.75) is 58.2 Å². The molecule has 2 aromatic carbocycles. The lowest BCUT2D eigenvalue weighted by Gasteiger charge is -2.38. The van der Waals surface area contributed by atoms with Crippen LogP contribution in [0.15, 0.2) is 42.6 Å². The Kier molecular flexibility index (Phi) is 5.30. The molecule has 3 heterocycles. The van der Waals surface area contributed by atoms with E-state index >= 15 is 0 Å². The predicted molar refractivity (Wildman–Crippen MR) is 129 cm³/mol. The number of rotatable bonds is 4. The molecule has 0 aliphatic carbocycles. The Morgan fingerprint density at radius 3 is 2.81 bits per heavy atom. The van der Waals surface area contributed by atoms with Crippen molar-refractivity contribution in [3.05, 3.63) is 59.3 Å². The molecule has 3 atom stereocenters. The maximum absolute atomic E-state index is 4.50. The minimum atomic E-state index is 0.159. The van der Waals surface area contributed by atoms with Crippen molar-refractivity contribution in [2.24, 2.45) is 0 Å². The summed E-state index contributed by atoms with van der Waals surface area (Å²) in [5, 5.41) is 14.7. The second-order valence-corrected chi connectivity index (χ2v) is 9.36. The van der Waals surface area contributed by atoms with Crippen LogP contribution in [0.4, 0.5) is 11.5 Å². The van der Waals surface area contributed by atoms with E-state index in [0.29, 0.717) is 12.1 Å². The highest BCUT2D eigenvalue weighted by atomic mass is 15.3. The van der Waals surface area contributed by atoms with Gasteiger partial charge in [-0.15, -0.1) is 5.10 Å². The van der Waals surface area contributed by atoms with Crippen LogP contribution in [-0.2, 0) is 0 Å². The number of fused-ring (bicyclic) bond motifs is 2. The Balaban J connectivity index is 1.47. The number of likely N-dealkylation sites (N-methyl/N-ethyl adjacent to an activating group) is 1. The maximum Gasteiger partial charge on any atom is 0.157 e. The first-order valence-electron chi connectivity index (χ1n) is 11.6. The van der Waals surface area contributed by atoms with Crippen molar-refractivity contribution in [1.82, 2.24) is 15.1 Å². The fourth-order valence-electron chi connectivity index (χ4n) is 5.61. The van der Waals surface area contributed by atoms with Crippen LogP contribution < -0.4 is 10.2 Å². The third-order valence-electron chi connectivity index (χ3n) is 7.53. The molecule has 2 aliphatic rings. The van der Waals surface area contributed by atoms with Gasteiger partial charge in [-0.2, -0.15) is 5.10 Å². The van der Waals surface area contributed by atoms with E-state index in [1.54, 1.807) is 0 Å². The number of hydrogen-bond acceptors (Lipinski definition) is 5. The summed E-state index contributed by atoms with van der Waals surface area (Å²) < 4.78 is 0. The van der Waals surface area contributed by atoms with Crippen LogP contribution in [0.5, 0.6) is 0 Å². The number of nitrogens with one attached hydrogen (secondary N) is 1. The van der Waals surface area contributed by atoms with E-state index in [-0.39, 0.29) is 6.04 Å². The Bertz CT molecular complexity index is 1090. The number of anilines is 2. The van der Waals surface area contributed by atoms with Gasteiger partial charge in [0.1, 0.15) is 0 Å². The molecule has 1 aromatic heterocycles. The third kappa shape index (κ3) is 3.65. The van der Waals surface area contributed by atoms with Crippen molar-refractivity contribution in [3.8, 4) is 0 Å². The largest absolute Gasteiger partial charge is 0.367 e. The SMILES string of the molecule is Cc1cccc([C@@H](C)Nc2nncc3ccc(N4CCC5C4CCCN5C)cc23)c1C. The van der Waals surface area contributed by atoms with Crippen molar-refractivity contribution in [1.29, 1.82) is 0 Å². The van der Waals surface area contributed by atoms with Gasteiger partial charge in [-0.05, 0) is 82.4 Å². The molecule has 31 heavy (non-hydrogen) atoms. The Morgan fingerprint density at radius 1 is 1.06 bits per heavy atom. The molecule has 5 heteroatoms. The second-order valence-electron chi connectivity index (χ2n) is 9.36. The summed E-state index contributed by atoms with van der Waals surface area (Å²) in [6.45, 7) is 8.93. The van der Waals surface area contributed by atoms with Crippen LogP contribution in [0.25, 0.3) is 10.8 Å². The molecule has 2 fully saturated rings. The summed E-state index contributed by atoms with van der Waals surface area (Å²) in [5.74, 6) is 0.865. The van der Waals surface area contributed by atoms with Crippen molar-refractivity contribution >= 4 is 22.3 Å². The molecule has 2 aliphatic heterocycles. The molecular weight excluding hydrogens is 382 g/mol. The Morgan fingerprint density at radius 2 is 1.94 bits per heavy atom. The quantitative estimate of drug-likeness (QED) is 0.643. The van der Waals surface area contributed by atoms with Crippen molar-refractivity contribution in [2.75, 3.05) is 30.4 Å². The van der Waals surface area contributed by atoms with Crippen LogP contribution in [0.3, 0.4) is 0 Å². The highest BCUT2D eigenvalue weighted by Gasteiger charge is 2.38. The average molecular weight is 416 g/mol. The zero-order valence-electron chi connectivity index (χ0n) is 19.1. The zero-order valence-corrected chi connectivity index (χ0v) is 19.1. The van der Waals surface area contributed by atoms with E-state index in [2.05, 4.69) is 89.5 Å². The molecule has 3 aromatic rings. The topological polar surface area (TPSA) is 44.3 Å². The monoisotopic (exact) mass is 415 g/mol. The second kappa shape index (κ2) is 8.12. The number of piperidine rings is 1. The fraction of sp³-hybridized carbons (Fsp3) is 0.462. The van der Waals surface area contributed by atoms with Gasteiger partial charge in [0, 0.05) is 35.1 Å². The predicted octanol–water partition coefficient (Wildman–Crippen LogP) is 5.09. The molecule has 5 rings (SSSR count). The van der Waals surface area contributed by atoms with Gasteiger partial charge in [0.15, 0.2) is 5.82 Å². The molecule has 0 amide bonds. The number of likely N-dealkylation sites (tertiary alicyclic amines) is 1. The van der Waals surface area contributed by atoms with E-state index in [1.165, 1.54) is 48.2 Å². The number of benzene rings is 2. The summed E-state index contributed by atoms with van der Waals surface area (Å²) in [7, 11) is 2.28. The number of aryl methyl sites for hydroxylation is 1. The molecule has 2 unspecified atom stereocenters. The van der Waals surface area contributed by atoms with E-state index < -0.39 is 0 Å².